The summed E-state index contributed by atoms with van der Waals surface area (Å²) < 4.78 is 0. The predicted molar refractivity (Wildman–Crippen MR) is 49.1 cm³/mol. The van der Waals surface area contributed by atoms with E-state index in [0.29, 0.717) is 5.57 Å². The minimum absolute atomic E-state index is 0.0538. The molecule has 0 aromatic carbocycles. The van der Waals surface area contributed by atoms with Crippen molar-refractivity contribution in [1.82, 2.24) is 5.32 Å². The highest BCUT2D eigenvalue weighted by molar-refractivity contribution is 6.10. The van der Waals surface area contributed by atoms with Gasteiger partial charge in [0.2, 0.25) is 0 Å². The molecule has 0 fully saturated rings. The Morgan fingerprint density at radius 1 is 1.69 bits per heavy atom. The van der Waals surface area contributed by atoms with Crippen LogP contribution in [0.3, 0.4) is 0 Å². The Bertz CT molecular complexity index is 339. The normalized spacial score (nSPS) is 18.7. The molecule has 5 nitrogen and oxygen atoms in total. The van der Waals surface area contributed by atoms with Crippen LogP contribution < -0.4 is 5.32 Å². The van der Waals surface area contributed by atoms with Crippen LogP contribution in [0.5, 0.6) is 0 Å². The molecule has 0 amide bonds. The first-order valence-electron chi connectivity index (χ1n) is 3.66. The Kier molecular flexibility index (Phi) is 2.59. The predicted octanol–water partition coefficient (Wildman–Crippen LogP) is 0.840. The third-order valence-corrected chi connectivity index (χ3v) is 1.57. The van der Waals surface area contributed by atoms with Crippen LogP contribution in [0.4, 0.5) is 0 Å². The maximum Gasteiger partial charge on any atom is 0.280 e. The molecule has 0 aliphatic heterocycles. The van der Waals surface area contributed by atoms with Gasteiger partial charge in [-0.15, -0.1) is 0 Å². The first-order chi connectivity index (χ1) is 6.16. The summed E-state index contributed by atoms with van der Waals surface area (Å²) in [7, 11) is 1.64. The molecule has 1 aliphatic rings. The smallest absolute Gasteiger partial charge is 0.280 e. The minimum Gasteiger partial charge on any atom is -0.393 e. The van der Waals surface area contributed by atoms with Crippen LogP contribution in [0.25, 0.3) is 0 Å². The Hall–Kier alpha value is -1.91. The van der Waals surface area contributed by atoms with Crippen molar-refractivity contribution in [3.63, 3.8) is 0 Å². The van der Waals surface area contributed by atoms with E-state index in [-0.39, 0.29) is 11.4 Å². The SMILES string of the molecule is CN/C=C1\C(=N)C=CC=C1[N+](=O)[O-]. The topological polar surface area (TPSA) is 79.0 Å². The van der Waals surface area contributed by atoms with Crippen molar-refractivity contribution in [2.24, 2.45) is 0 Å². The summed E-state index contributed by atoms with van der Waals surface area (Å²) in [6.07, 6.45) is 5.82. The average Bonchev–Trinajstić information content (AvgIpc) is 2.08. The number of allylic oxidation sites excluding steroid dienone is 4. The summed E-state index contributed by atoms with van der Waals surface area (Å²) in [5.74, 6) is 0. The van der Waals surface area contributed by atoms with Crippen LogP contribution in [-0.4, -0.2) is 17.7 Å². The van der Waals surface area contributed by atoms with E-state index in [1.165, 1.54) is 24.4 Å². The standard InChI is InChI=1S/C8H9N3O2/c1-10-5-6-7(9)3-2-4-8(6)11(12)13/h2-5,9-10H,1H3/b6-5+,9-7?. The summed E-state index contributed by atoms with van der Waals surface area (Å²) in [6, 6.07) is 0. The average molecular weight is 179 g/mol. The second kappa shape index (κ2) is 3.66. The highest BCUT2D eigenvalue weighted by atomic mass is 16.6. The Labute approximate surface area is 75.1 Å². The largest absolute Gasteiger partial charge is 0.393 e. The molecular weight excluding hydrogens is 170 g/mol. The van der Waals surface area contributed by atoms with Gasteiger partial charge in [-0.25, -0.2) is 0 Å². The van der Waals surface area contributed by atoms with Crippen LogP contribution in [0.15, 0.2) is 35.7 Å². The molecule has 1 aliphatic carbocycles. The molecule has 0 aromatic rings. The maximum absolute atomic E-state index is 10.5. The summed E-state index contributed by atoms with van der Waals surface area (Å²) >= 11 is 0. The van der Waals surface area contributed by atoms with Crippen molar-refractivity contribution in [1.29, 1.82) is 5.41 Å². The molecule has 0 bridgehead atoms. The highest BCUT2D eigenvalue weighted by Gasteiger charge is 2.21. The first-order valence-corrected chi connectivity index (χ1v) is 3.66. The highest BCUT2D eigenvalue weighted by Crippen LogP contribution is 2.16. The van der Waals surface area contributed by atoms with E-state index in [1.54, 1.807) is 7.05 Å². The van der Waals surface area contributed by atoms with E-state index in [9.17, 15) is 10.1 Å². The molecule has 2 N–H and O–H groups in total. The fourth-order valence-electron chi connectivity index (χ4n) is 1.01. The van der Waals surface area contributed by atoms with E-state index >= 15 is 0 Å². The fraction of sp³-hybridized carbons (Fsp3) is 0.125. The van der Waals surface area contributed by atoms with Crippen LogP contribution in [0, 0.1) is 15.5 Å². The van der Waals surface area contributed by atoms with Crippen LogP contribution in [0.1, 0.15) is 0 Å². The zero-order valence-electron chi connectivity index (χ0n) is 7.07. The van der Waals surface area contributed by atoms with Gasteiger partial charge in [0.25, 0.3) is 5.70 Å². The lowest BCUT2D eigenvalue weighted by molar-refractivity contribution is -0.420. The minimum atomic E-state index is -0.499. The molecule has 0 aromatic heterocycles. The third kappa shape index (κ3) is 1.81. The number of nitro groups is 1. The van der Waals surface area contributed by atoms with Gasteiger partial charge in [-0.3, -0.25) is 15.5 Å². The van der Waals surface area contributed by atoms with Gasteiger partial charge in [-0.1, -0.05) is 6.08 Å². The monoisotopic (exact) mass is 179 g/mol. The molecular formula is C8H9N3O2. The van der Waals surface area contributed by atoms with E-state index in [4.69, 9.17) is 5.41 Å². The van der Waals surface area contributed by atoms with Crippen LogP contribution in [0.2, 0.25) is 0 Å². The molecule has 0 unspecified atom stereocenters. The second-order valence-corrected chi connectivity index (χ2v) is 2.43. The molecule has 0 heterocycles. The van der Waals surface area contributed by atoms with Crippen molar-refractivity contribution >= 4 is 5.71 Å². The molecule has 13 heavy (non-hydrogen) atoms. The summed E-state index contributed by atoms with van der Waals surface area (Å²) in [6.45, 7) is 0. The number of hydrogen-bond acceptors (Lipinski definition) is 4. The molecule has 0 saturated heterocycles. The number of hydrogen-bond donors (Lipinski definition) is 2. The summed E-state index contributed by atoms with van der Waals surface area (Å²) in [4.78, 5) is 10.0. The van der Waals surface area contributed by atoms with Gasteiger partial charge in [-0.2, -0.15) is 0 Å². The quantitative estimate of drug-likeness (QED) is 0.487. The second-order valence-electron chi connectivity index (χ2n) is 2.43. The zero-order chi connectivity index (χ0) is 9.84. The van der Waals surface area contributed by atoms with Crippen molar-refractivity contribution in [2.45, 2.75) is 0 Å². The fourth-order valence-corrected chi connectivity index (χ4v) is 1.01. The number of rotatable bonds is 2. The number of nitrogens with one attached hydrogen (secondary N) is 2. The zero-order valence-corrected chi connectivity index (χ0v) is 7.07. The number of nitrogens with zero attached hydrogens (tertiary/aromatic N) is 1. The van der Waals surface area contributed by atoms with Crippen molar-refractivity contribution < 1.29 is 4.92 Å². The van der Waals surface area contributed by atoms with Crippen molar-refractivity contribution in [2.75, 3.05) is 7.05 Å². The van der Waals surface area contributed by atoms with E-state index in [2.05, 4.69) is 5.32 Å². The van der Waals surface area contributed by atoms with Crippen LogP contribution in [-0.2, 0) is 0 Å². The Balaban J connectivity index is 3.10. The molecule has 0 atom stereocenters. The lowest BCUT2D eigenvalue weighted by Gasteiger charge is -2.06. The van der Waals surface area contributed by atoms with Gasteiger partial charge in [-0.05, 0) is 6.08 Å². The first kappa shape index (κ1) is 9.18. The van der Waals surface area contributed by atoms with Gasteiger partial charge in [0.1, 0.15) is 0 Å². The Morgan fingerprint density at radius 3 is 2.92 bits per heavy atom. The van der Waals surface area contributed by atoms with Crippen LogP contribution >= 0.6 is 0 Å². The third-order valence-electron chi connectivity index (χ3n) is 1.57. The summed E-state index contributed by atoms with van der Waals surface area (Å²) in [5, 5.41) is 20.6. The lowest BCUT2D eigenvalue weighted by Crippen LogP contribution is -2.14. The molecule has 0 saturated carbocycles. The molecule has 68 valence electrons. The van der Waals surface area contributed by atoms with Gasteiger partial charge in [0, 0.05) is 19.3 Å². The van der Waals surface area contributed by atoms with Gasteiger partial charge >= 0.3 is 0 Å². The molecule has 0 spiro atoms. The van der Waals surface area contributed by atoms with Gasteiger partial charge < -0.3 is 5.32 Å². The summed E-state index contributed by atoms with van der Waals surface area (Å²) in [5.41, 5.74) is 0.389. The van der Waals surface area contributed by atoms with Gasteiger partial charge in [0.05, 0.1) is 16.2 Å². The molecule has 1 rings (SSSR count). The van der Waals surface area contributed by atoms with E-state index in [0.717, 1.165) is 0 Å². The Morgan fingerprint density at radius 2 is 2.38 bits per heavy atom. The van der Waals surface area contributed by atoms with E-state index < -0.39 is 4.92 Å². The van der Waals surface area contributed by atoms with E-state index in [1.807, 2.05) is 0 Å². The van der Waals surface area contributed by atoms with Gasteiger partial charge in [0.15, 0.2) is 0 Å². The lowest BCUT2D eigenvalue weighted by atomic mass is 10.0. The molecule has 0 radical (unpaired) electrons. The van der Waals surface area contributed by atoms with Crippen molar-refractivity contribution in [3.05, 3.63) is 45.8 Å². The molecule has 5 heteroatoms. The van der Waals surface area contributed by atoms with Crippen molar-refractivity contribution in [3.8, 4) is 0 Å². The maximum atomic E-state index is 10.5.